The van der Waals surface area contributed by atoms with Gasteiger partial charge >= 0.3 is 0 Å². The molecular weight excluding hydrogens is 238 g/mol. The van der Waals surface area contributed by atoms with Crippen molar-refractivity contribution in [2.45, 2.75) is 45.9 Å². The fraction of sp³-hybridized carbons (Fsp3) is 0.667. The molecule has 4 nitrogen and oxygen atoms in total. The van der Waals surface area contributed by atoms with Gasteiger partial charge in [-0.3, -0.25) is 0 Å². The van der Waals surface area contributed by atoms with E-state index in [1.165, 1.54) is 5.56 Å². The van der Waals surface area contributed by atoms with Gasteiger partial charge in [-0.05, 0) is 26.0 Å². The molecule has 1 N–H and O–H groups in total. The van der Waals surface area contributed by atoms with Gasteiger partial charge in [0.15, 0.2) is 0 Å². The van der Waals surface area contributed by atoms with Gasteiger partial charge in [-0.15, -0.1) is 0 Å². The van der Waals surface area contributed by atoms with Crippen molar-refractivity contribution in [2.75, 3.05) is 24.6 Å². The summed E-state index contributed by atoms with van der Waals surface area (Å²) in [6, 6.07) is 4.62. The van der Waals surface area contributed by atoms with Crippen LogP contribution in [-0.4, -0.2) is 36.8 Å². The lowest BCUT2D eigenvalue weighted by atomic mass is 10.1. The summed E-state index contributed by atoms with van der Waals surface area (Å²) in [7, 11) is 0. The Balaban J connectivity index is 2.22. The van der Waals surface area contributed by atoms with E-state index in [0.717, 1.165) is 38.5 Å². The van der Waals surface area contributed by atoms with Crippen molar-refractivity contribution in [1.82, 2.24) is 10.3 Å². The van der Waals surface area contributed by atoms with E-state index in [1.807, 2.05) is 12.3 Å². The molecule has 2 heterocycles. The first kappa shape index (κ1) is 14.3. The quantitative estimate of drug-likeness (QED) is 0.883. The number of anilines is 1. The predicted molar refractivity (Wildman–Crippen MR) is 78.5 cm³/mol. The van der Waals surface area contributed by atoms with E-state index in [0.29, 0.717) is 6.04 Å². The third kappa shape index (κ3) is 3.45. The van der Waals surface area contributed by atoms with Gasteiger partial charge in [-0.1, -0.05) is 19.9 Å². The molecule has 0 aliphatic carbocycles. The smallest absolute Gasteiger partial charge is 0.133 e. The number of hydrogen-bond acceptors (Lipinski definition) is 4. The molecule has 1 aromatic rings. The van der Waals surface area contributed by atoms with Gasteiger partial charge < -0.3 is 15.0 Å². The Morgan fingerprint density at radius 1 is 1.47 bits per heavy atom. The Hall–Kier alpha value is -1.13. The van der Waals surface area contributed by atoms with E-state index >= 15 is 0 Å². The zero-order chi connectivity index (χ0) is 13.7. The molecule has 0 aromatic carbocycles. The highest BCUT2D eigenvalue weighted by atomic mass is 16.5. The second kappa shape index (κ2) is 6.87. The summed E-state index contributed by atoms with van der Waals surface area (Å²) in [6.45, 7) is 10.0. The number of nitrogens with zero attached hydrogens (tertiary/aromatic N) is 2. The van der Waals surface area contributed by atoms with Crippen LogP contribution in [0, 0.1) is 0 Å². The highest BCUT2D eigenvalue weighted by molar-refractivity contribution is 5.48. The zero-order valence-corrected chi connectivity index (χ0v) is 12.2. The average Bonchev–Trinajstić information content (AvgIpc) is 2.45. The molecule has 0 radical (unpaired) electrons. The summed E-state index contributed by atoms with van der Waals surface area (Å²) in [5.41, 5.74) is 1.27. The van der Waals surface area contributed by atoms with Gasteiger partial charge in [0.2, 0.25) is 0 Å². The maximum atomic E-state index is 5.77. The normalized spacial score (nSPS) is 23.6. The Bertz CT molecular complexity index is 397. The van der Waals surface area contributed by atoms with E-state index in [4.69, 9.17) is 4.74 Å². The predicted octanol–water partition coefficient (Wildman–Crippen LogP) is 2.19. The minimum absolute atomic E-state index is 0.275. The van der Waals surface area contributed by atoms with Crippen molar-refractivity contribution in [3.05, 3.63) is 23.9 Å². The number of pyridine rings is 1. The summed E-state index contributed by atoms with van der Waals surface area (Å²) in [5.74, 6) is 1.12. The van der Waals surface area contributed by atoms with Crippen molar-refractivity contribution >= 4 is 5.82 Å². The number of aromatic nitrogens is 1. The van der Waals surface area contributed by atoms with E-state index in [2.05, 4.69) is 42.0 Å². The summed E-state index contributed by atoms with van der Waals surface area (Å²) in [4.78, 5) is 7.04. The minimum atomic E-state index is 0.275. The summed E-state index contributed by atoms with van der Waals surface area (Å²) in [6.07, 6.45) is 3.25. The lowest BCUT2D eigenvalue weighted by Crippen LogP contribution is -2.49. The first-order chi connectivity index (χ1) is 9.26. The van der Waals surface area contributed by atoms with Gasteiger partial charge in [0.05, 0.1) is 18.8 Å². The summed E-state index contributed by atoms with van der Waals surface area (Å²) >= 11 is 0. The molecule has 1 aromatic heterocycles. The van der Waals surface area contributed by atoms with Crippen LogP contribution in [0.4, 0.5) is 5.82 Å². The Morgan fingerprint density at radius 3 is 3.05 bits per heavy atom. The largest absolute Gasteiger partial charge is 0.375 e. The van der Waals surface area contributed by atoms with Crippen LogP contribution < -0.4 is 10.2 Å². The second-order valence-corrected chi connectivity index (χ2v) is 5.12. The molecule has 2 rings (SSSR count). The lowest BCUT2D eigenvalue weighted by Gasteiger charge is -2.40. The molecule has 1 saturated heterocycles. The number of rotatable bonds is 5. The third-order valence-electron chi connectivity index (χ3n) is 3.64. The van der Waals surface area contributed by atoms with Gasteiger partial charge in [0.25, 0.3) is 0 Å². The molecule has 1 aliphatic rings. The molecule has 0 amide bonds. The SMILES string of the molecule is CCNCc1cccnc1N1CC(C)OCC1CC. The highest BCUT2D eigenvalue weighted by Crippen LogP contribution is 2.24. The van der Waals surface area contributed by atoms with Crippen molar-refractivity contribution in [2.24, 2.45) is 0 Å². The van der Waals surface area contributed by atoms with Gasteiger partial charge in [0.1, 0.15) is 5.82 Å². The van der Waals surface area contributed by atoms with Crippen LogP contribution in [0.3, 0.4) is 0 Å². The minimum Gasteiger partial charge on any atom is -0.375 e. The molecule has 0 bridgehead atoms. The molecule has 0 spiro atoms. The molecule has 2 unspecified atom stereocenters. The average molecular weight is 263 g/mol. The van der Waals surface area contributed by atoms with Crippen molar-refractivity contribution in [1.29, 1.82) is 0 Å². The van der Waals surface area contributed by atoms with Gasteiger partial charge in [-0.2, -0.15) is 0 Å². The molecule has 106 valence electrons. The fourth-order valence-electron chi connectivity index (χ4n) is 2.53. The van der Waals surface area contributed by atoms with Gasteiger partial charge in [-0.25, -0.2) is 4.98 Å². The summed E-state index contributed by atoms with van der Waals surface area (Å²) in [5, 5.41) is 3.39. The van der Waals surface area contributed by atoms with Crippen LogP contribution in [-0.2, 0) is 11.3 Å². The Kier molecular flexibility index (Phi) is 5.16. The van der Waals surface area contributed by atoms with E-state index in [9.17, 15) is 0 Å². The maximum Gasteiger partial charge on any atom is 0.133 e. The van der Waals surface area contributed by atoms with Crippen molar-refractivity contribution in [3.63, 3.8) is 0 Å². The van der Waals surface area contributed by atoms with Crippen LogP contribution in [0.1, 0.15) is 32.8 Å². The van der Waals surface area contributed by atoms with Crippen LogP contribution in [0.25, 0.3) is 0 Å². The Labute approximate surface area is 116 Å². The zero-order valence-electron chi connectivity index (χ0n) is 12.2. The van der Waals surface area contributed by atoms with Crippen molar-refractivity contribution < 1.29 is 4.74 Å². The number of hydrogen-bond donors (Lipinski definition) is 1. The first-order valence-corrected chi connectivity index (χ1v) is 7.29. The van der Waals surface area contributed by atoms with E-state index in [-0.39, 0.29) is 6.10 Å². The molecule has 4 heteroatoms. The van der Waals surface area contributed by atoms with Crippen LogP contribution >= 0.6 is 0 Å². The topological polar surface area (TPSA) is 37.4 Å². The monoisotopic (exact) mass is 263 g/mol. The lowest BCUT2D eigenvalue weighted by molar-refractivity contribution is 0.0295. The molecule has 19 heavy (non-hydrogen) atoms. The van der Waals surface area contributed by atoms with E-state index in [1.54, 1.807) is 0 Å². The van der Waals surface area contributed by atoms with E-state index < -0.39 is 0 Å². The third-order valence-corrected chi connectivity index (χ3v) is 3.64. The summed E-state index contributed by atoms with van der Waals surface area (Å²) < 4.78 is 5.77. The standard InChI is InChI=1S/C15H25N3O/c1-4-14-11-19-12(3)10-18(14)15-13(9-16-5-2)7-6-8-17-15/h6-8,12,14,16H,4-5,9-11H2,1-3H3. The van der Waals surface area contributed by atoms with Crippen LogP contribution in [0.15, 0.2) is 18.3 Å². The molecule has 0 saturated carbocycles. The van der Waals surface area contributed by atoms with Gasteiger partial charge in [0, 0.05) is 24.8 Å². The molecule has 2 atom stereocenters. The van der Waals surface area contributed by atoms with Crippen LogP contribution in [0.5, 0.6) is 0 Å². The van der Waals surface area contributed by atoms with Crippen molar-refractivity contribution in [3.8, 4) is 0 Å². The highest BCUT2D eigenvalue weighted by Gasteiger charge is 2.27. The number of ether oxygens (including phenoxy) is 1. The number of nitrogens with one attached hydrogen (secondary N) is 1. The second-order valence-electron chi connectivity index (χ2n) is 5.12. The Morgan fingerprint density at radius 2 is 2.32 bits per heavy atom. The molecular formula is C15H25N3O. The number of morpholine rings is 1. The molecule has 1 aliphatic heterocycles. The maximum absolute atomic E-state index is 5.77. The van der Waals surface area contributed by atoms with Crippen LogP contribution in [0.2, 0.25) is 0 Å². The molecule has 1 fully saturated rings. The fourth-order valence-corrected chi connectivity index (χ4v) is 2.53. The first-order valence-electron chi connectivity index (χ1n) is 7.29.